The molecule has 100 valence electrons. The van der Waals surface area contributed by atoms with Gasteiger partial charge in [0.15, 0.2) is 0 Å². The highest BCUT2D eigenvalue weighted by molar-refractivity contribution is 9.10. The molecule has 1 aromatic heterocycles. The number of nitrogens with zero attached hydrogens (tertiary/aromatic N) is 2. The van der Waals surface area contributed by atoms with E-state index in [1.54, 1.807) is 0 Å². The summed E-state index contributed by atoms with van der Waals surface area (Å²) in [5.74, 6) is -0.0708. The van der Waals surface area contributed by atoms with Crippen molar-refractivity contribution in [1.29, 1.82) is 0 Å². The maximum Gasteiger partial charge on any atom is 0.313 e. The van der Waals surface area contributed by atoms with E-state index in [-0.39, 0.29) is 5.75 Å². The highest BCUT2D eigenvalue weighted by Crippen LogP contribution is 2.28. The van der Waals surface area contributed by atoms with E-state index >= 15 is 0 Å². The Morgan fingerprint density at radius 3 is 2.89 bits per heavy atom. The number of carboxylic acids is 1. The summed E-state index contributed by atoms with van der Waals surface area (Å²) in [4.78, 5) is 19.7. The molecule has 1 heterocycles. The summed E-state index contributed by atoms with van der Waals surface area (Å²) < 4.78 is 0.934. The number of fused-ring (bicyclic) bond motifs is 1. The van der Waals surface area contributed by atoms with Gasteiger partial charge in [0.1, 0.15) is 10.9 Å². The molecule has 0 aliphatic heterocycles. The topological polar surface area (TPSA) is 63.1 Å². The van der Waals surface area contributed by atoms with Crippen molar-refractivity contribution in [3.8, 4) is 0 Å². The van der Waals surface area contributed by atoms with Gasteiger partial charge in [-0.3, -0.25) is 4.79 Å². The van der Waals surface area contributed by atoms with E-state index in [4.69, 9.17) is 5.11 Å². The van der Waals surface area contributed by atoms with Gasteiger partial charge in [-0.15, -0.1) is 0 Å². The lowest BCUT2D eigenvalue weighted by Gasteiger charge is -2.07. The van der Waals surface area contributed by atoms with Gasteiger partial charge >= 0.3 is 5.97 Å². The number of benzene rings is 1. The Bertz CT molecular complexity index is 619. The van der Waals surface area contributed by atoms with Crippen molar-refractivity contribution in [2.75, 3.05) is 5.75 Å². The van der Waals surface area contributed by atoms with Crippen molar-refractivity contribution >= 4 is 44.6 Å². The van der Waals surface area contributed by atoms with Crippen LogP contribution in [0.2, 0.25) is 0 Å². The van der Waals surface area contributed by atoms with Crippen LogP contribution in [0.25, 0.3) is 10.9 Å². The van der Waals surface area contributed by atoms with E-state index in [1.165, 1.54) is 11.8 Å². The van der Waals surface area contributed by atoms with Gasteiger partial charge in [-0.2, -0.15) is 0 Å². The van der Waals surface area contributed by atoms with Gasteiger partial charge in [0.2, 0.25) is 0 Å². The molecule has 1 aromatic carbocycles. The minimum Gasteiger partial charge on any atom is -0.481 e. The lowest BCUT2D eigenvalue weighted by molar-refractivity contribution is -0.133. The predicted octanol–water partition coefficient (Wildman–Crippen LogP) is 3.52. The summed E-state index contributed by atoms with van der Waals surface area (Å²) in [6.07, 6.45) is 1.76. The average Bonchev–Trinajstić information content (AvgIpc) is 2.37. The number of hydrogen-bond acceptors (Lipinski definition) is 4. The normalized spacial score (nSPS) is 10.8. The summed E-state index contributed by atoms with van der Waals surface area (Å²) in [5.41, 5.74) is 0.856. The van der Waals surface area contributed by atoms with Gasteiger partial charge in [-0.1, -0.05) is 34.6 Å². The zero-order valence-corrected chi connectivity index (χ0v) is 12.8. The zero-order valence-electron chi connectivity index (χ0n) is 10.4. The number of carbonyl (C=O) groups is 1. The first kappa shape index (κ1) is 14.3. The van der Waals surface area contributed by atoms with E-state index < -0.39 is 5.97 Å². The first-order valence-electron chi connectivity index (χ1n) is 5.91. The van der Waals surface area contributed by atoms with Crippen LogP contribution in [-0.4, -0.2) is 26.8 Å². The van der Waals surface area contributed by atoms with Crippen LogP contribution in [0.5, 0.6) is 0 Å². The Labute approximate surface area is 123 Å². The molecule has 0 saturated carbocycles. The molecule has 0 radical (unpaired) electrons. The standard InChI is InChI=1S/C13H13BrN2O2S/c1-2-3-11-15-10-5-4-8(14)6-9(10)13(16-11)19-7-12(17)18/h4-6H,2-3,7H2,1H3,(H,17,18). The van der Waals surface area contributed by atoms with E-state index in [9.17, 15) is 4.79 Å². The fourth-order valence-corrected chi connectivity index (χ4v) is 2.80. The van der Waals surface area contributed by atoms with Crippen molar-refractivity contribution in [2.45, 2.75) is 24.8 Å². The number of aromatic nitrogens is 2. The maximum absolute atomic E-state index is 10.7. The van der Waals surface area contributed by atoms with Crippen molar-refractivity contribution < 1.29 is 9.90 Å². The molecule has 0 bridgehead atoms. The van der Waals surface area contributed by atoms with Crippen LogP contribution in [0.1, 0.15) is 19.2 Å². The molecule has 2 rings (SSSR count). The van der Waals surface area contributed by atoms with Crippen LogP contribution in [0.4, 0.5) is 0 Å². The van der Waals surface area contributed by atoms with Crippen molar-refractivity contribution in [3.05, 3.63) is 28.5 Å². The summed E-state index contributed by atoms with van der Waals surface area (Å²) in [6, 6.07) is 5.77. The lowest BCUT2D eigenvalue weighted by Crippen LogP contribution is -2.01. The van der Waals surface area contributed by atoms with Gasteiger partial charge in [0.05, 0.1) is 11.3 Å². The Balaban J connectivity index is 2.48. The molecule has 0 aliphatic rings. The van der Waals surface area contributed by atoms with E-state index in [0.29, 0.717) is 0 Å². The third-order valence-electron chi connectivity index (χ3n) is 2.48. The molecular formula is C13H13BrN2O2S. The number of rotatable bonds is 5. The Morgan fingerprint density at radius 1 is 1.42 bits per heavy atom. The second kappa shape index (κ2) is 6.34. The van der Waals surface area contributed by atoms with Gasteiger partial charge in [0.25, 0.3) is 0 Å². The molecule has 19 heavy (non-hydrogen) atoms. The fourth-order valence-electron chi connectivity index (χ4n) is 1.69. The maximum atomic E-state index is 10.7. The lowest BCUT2D eigenvalue weighted by atomic mass is 10.2. The highest BCUT2D eigenvalue weighted by Gasteiger charge is 2.10. The first-order chi connectivity index (χ1) is 9.10. The molecule has 0 unspecified atom stereocenters. The molecule has 0 spiro atoms. The van der Waals surface area contributed by atoms with Gasteiger partial charge in [-0.05, 0) is 24.6 Å². The number of thioether (sulfide) groups is 1. The van der Waals surface area contributed by atoms with Crippen LogP contribution >= 0.6 is 27.7 Å². The third-order valence-corrected chi connectivity index (χ3v) is 3.94. The van der Waals surface area contributed by atoms with Crippen molar-refractivity contribution in [1.82, 2.24) is 9.97 Å². The third kappa shape index (κ3) is 3.67. The first-order valence-corrected chi connectivity index (χ1v) is 7.68. The van der Waals surface area contributed by atoms with Crippen LogP contribution in [-0.2, 0) is 11.2 Å². The highest BCUT2D eigenvalue weighted by atomic mass is 79.9. The van der Waals surface area contributed by atoms with Gasteiger partial charge < -0.3 is 5.11 Å². The summed E-state index contributed by atoms with van der Waals surface area (Å²) in [5, 5.41) is 10.4. The SMILES string of the molecule is CCCc1nc(SCC(=O)O)c2cc(Br)ccc2n1. The molecule has 0 fully saturated rings. The van der Waals surface area contributed by atoms with Crippen LogP contribution in [0.15, 0.2) is 27.7 Å². The van der Waals surface area contributed by atoms with Gasteiger partial charge in [0, 0.05) is 16.3 Å². The molecule has 0 aliphatic carbocycles. The molecule has 1 N–H and O–H groups in total. The Morgan fingerprint density at radius 2 is 2.21 bits per heavy atom. The van der Waals surface area contributed by atoms with Crippen LogP contribution in [0, 0.1) is 0 Å². The number of aliphatic carboxylic acids is 1. The smallest absolute Gasteiger partial charge is 0.313 e. The Kier molecular flexibility index (Phi) is 4.76. The fraction of sp³-hybridized carbons (Fsp3) is 0.308. The summed E-state index contributed by atoms with van der Waals surface area (Å²) in [7, 11) is 0. The van der Waals surface area contributed by atoms with E-state index in [0.717, 1.165) is 39.1 Å². The summed E-state index contributed by atoms with van der Waals surface area (Å²) >= 11 is 4.65. The molecule has 0 saturated heterocycles. The molecule has 6 heteroatoms. The second-order valence-electron chi connectivity index (χ2n) is 4.04. The molecule has 0 atom stereocenters. The second-order valence-corrected chi connectivity index (χ2v) is 5.92. The van der Waals surface area contributed by atoms with Crippen LogP contribution in [0.3, 0.4) is 0 Å². The van der Waals surface area contributed by atoms with Crippen molar-refractivity contribution in [3.63, 3.8) is 0 Å². The number of hydrogen-bond donors (Lipinski definition) is 1. The quantitative estimate of drug-likeness (QED) is 0.666. The van der Waals surface area contributed by atoms with Crippen LogP contribution < -0.4 is 0 Å². The predicted molar refractivity (Wildman–Crippen MR) is 79.6 cm³/mol. The monoisotopic (exact) mass is 340 g/mol. The minimum atomic E-state index is -0.844. The minimum absolute atomic E-state index is 0.00416. The molecule has 2 aromatic rings. The average molecular weight is 341 g/mol. The summed E-state index contributed by atoms with van der Waals surface area (Å²) in [6.45, 7) is 2.07. The number of aryl methyl sites for hydroxylation is 1. The van der Waals surface area contributed by atoms with E-state index in [2.05, 4.69) is 32.8 Å². The van der Waals surface area contributed by atoms with Gasteiger partial charge in [-0.25, -0.2) is 9.97 Å². The molecular weight excluding hydrogens is 328 g/mol. The van der Waals surface area contributed by atoms with E-state index in [1.807, 2.05) is 18.2 Å². The molecule has 4 nitrogen and oxygen atoms in total. The van der Waals surface area contributed by atoms with Crippen molar-refractivity contribution in [2.24, 2.45) is 0 Å². The largest absolute Gasteiger partial charge is 0.481 e. The number of carboxylic acid groups (broad SMARTS) is 1. The number of halogens is 1. The molecule has 0 amide bonds. The zero-order chi connectivity index (χ0) is 13.8. The Hall–Kier alpha value is -1.14.